The number of hydrogen-bond donors (Lipinski definition) is 2. The summed E-state index contributed by atoms with van der Waals surface area (Å²) in [5, 5.41) is 13.9. The molecule has 0 saturated heterocycles. The molecule has 36 valence electrons. The van der Waals surface area contributed by atoms with Gasteiger partial charge in [0, 0.05) is 0 Å². The van der Waals surface area contributed by atoms with Crippen molar-refractivity contribution in [3.63, 3.8) is 0 Å². The Morgan fingerprint density at radius 1 is 1.29 bits per heavy atom. The molecule has 0 aromatic heterocycles. The van der Waals surface area contributed by atoms with E-state index in [2.05, 4.69) is 0 Å². The predicted octanol–water partition coefficient (Wildman–Crippen LogP) is -0.497. The third-order valence-electron chi connectivity index (χ3n) is 0. The Bertz CT molecular complexity index is 37.9. The molecular formula is CH5BrKLiO3. The summed E-state index contributed by atoms with van der Waals surface area (Å²) in [7, 11) is 0. The zero-order chi connectivity index (χ0) is 3.58. The molecule has 0 aliphatic rings. The molecule has 0 aliphatic heterocycles. The zero-order valence-corrected chi connectivity index (χ0v) is 3.92. The third-order valence-corrected chi connectivity index (χ3v) is 0. The SMILES string of the molecule is Br.O=C(O)O.[KH].[LiH]. The topological polar surface area (TPSA) is 57.5 Å². The molecule has 0 atom stereocenters. The maximum absolute atomic E-state index is 8.56. The van der Waals surface area contributed by atoms with Gasteiger partial charge in [-0.3, -0.25) is 0 Å². The van der Waals surface area contributed by atoms with Crippen LogP contribution in [-0.4, -0.2) is 86.6 Å². The van der Waals surface area contributed by atoms with Gasteiger partial charge in [0.2, 0.25) is 0 Å². The van der Waals surface area contributed by atoms with E-state index in [-0.39, 0.29) is 87.2 Å². The van der Waals surface area contributed by atoms with Crippen molar-refractivity contribution >= 4 is 93.4 Å². The van der Waals surface area contributed by atoms with Crippen molar-refractivity contribution in [1.82, 2.24) is 0 Å². The Morgan fingerprint density at radius 2 is 1.29 bits per heavy atom. The normalized spacial score (nSPS) is 3.43. The summed E-state index contributed by atoms with van der Waals surface area (Å²) in [4.78, 5) is 8.56. The second-order valence-electron chi connectivity index (χ2n) is 0.283. The van der Waals surface area contributed by atoms with Gasteiger partial charge in [-0.2, -0.15) is 0 Å². The van der Waals surface area contributed by atoms with E-state index in [1.807, 2.05) is 0 Å². The molecule has 0 spiro atoms. The third kappa shape index (κ3) is 72.6. The molecule has 0 radical (unpaired) electrons. The molecule has 0 unspecified atom stereocenters. The molecule has 0 aromatic carbocycles. The van der Waals surface area contributed by atoms with Crippen LogP contribution in [-0.2, 0) is 0 Å². The van der Waals surface area contributed by atoms with Crippen LogP contribution in [0.2, 0.25) is 0 Å². The summed E-state index contributed by atoms with van der Waals surface area (Å²) in [6.45, 7) is 0. The van der Waals surface area contributed by atoms with Crippen molar-refractivity contribution in [3.8, 4) is 0 Å². The molecule has 3 nitrogen and oxygen atoms in total. The van der Waals surface area contributed by atoms with Gasteiger partial charge in [-0.25, -0.2) is 4.79 Å². The van der Waals surface area contributed by atoms with E-state index < -0.39 is 6.16 Å². The summed E-state index contributed by atoms with van der Waals surface area (Å²) < 4.78 is 0. The van der Waals surface area contributed by atoms with Crippen LogP contribution in [0.15, 0.2) is 0 Å². The standard InChI is InChI=1S/CH2O3.BrH.K.Li.2H/c2-1(3)4;;;;;/h(H2,2,3,4);1H;;;;. The predicted molar refractivity (Wildman–Crippen MR) is 35.3 cm³/mol. The minimum atomic E-state index is -1.83. The van der Waals surface area contributed by atoms with Crippen LogP contribution >= 0.6 is 17.0 Å². The Balaban J connectivity index is -0.0000000150. The van der Waals surface area contributed by atoms with Gasteiger partial charge in [-0.05, 0) is 0 Å². The molecule has 0 bridgehead atoms. The van der Waals surface area contributed by atoms with Gasteiger partial charge in [-0.1, -0.05) is 0 Å². The molecule has 0 heterocycles. The first-order valence-electron chi connectivity index (χ1n) is 0.651. The average Bonchev–Trinajstić information content (AvgIpc) is 0.811. The molecule has 6 heteroatoms. The van der Waals surface area contributed by atoms with Gasteiger partial charge in [0.15, 0.2) is 0 Å². The first kappa shape index (κ1) is 23.1. The molecule has 2 N–H and O–H groups in total. The van der Waals surface area contributed by atoms with Gasteiger partial charge < -0.3 is 10.2 Å². The summed E-state index contributed by atoms with van der Waals surface area (Å²) in [5.41, 5.74) is 0. The Hall–Kier alpha value is 1.98. The van der Waals surface area contributed by atoms with Crippen molar-refractivity contribution in [2.45, 2.75) is 0 Å². The van der Waals surface area contributed by atoms with Crippen LogP contribution in [0.1, 0.15) is 0 Å². The fourth-order valence-electron chi connectivity index (χ4n) is 0. The number of carbonyl (C=O) groups is 1. The quantitative estimate of drug-likeness (QED) is 0.507. The molecule has 7 heavy (non-hydrogen) atoms. The monoisotopic (exact) mass is 190 g/mol. The second-order valence-corrected chi connectivity index (χ2v) is 0.283. The summed E-state index contributed by atoms with van der Waals surface area (Å²) in [6, 6.07) is 0. The first-order chi connectivity index (χ1) is 1.73. The van der Waals surface area contributed by atoms with E-state index >= 15 is 0 Å². The molecule has 0 aromatic rings. The fourth-order valence-corrected chi connectivity index (χ4v) is 0. The molecule has 0 amide bonds. The number of hydrogen-bond acceptors (Lipinski definition) is 1. The number of rotatable bonds is 0. The Kier molecular flexibility index (Phi) is 51.6. The summed E-state index contributed by atoms with van der Waals surface area (Å²) in [6.07, 6.45) is -1.83. The maximum atomic E-state index is 8.56. The number of carboxylic acid groups (broad SMARTS) is 2. The van der Waals surface area contributed by atoms with Crippen molar-refractivity contribution in [2.75, 3.05) is 0 Å². The average molecular weight is 191 g/mol. The van der Waals surface area contributed by atoms with E-state index in [1.54, 1.807) is 0 Å². The van der Waals surface area contributed by atoms with Crippen LogP contribution in [0.5, 0.6) is 0 Å². The molecule has 0 rings (SSSR count). The van der Waals surface area contributed by atoms with Gasteiger partial charge in [-0.15, -0.1) is 17.0 Å². The van der Waals surface area contributed by atoms with Crippen LogP contribution in [0.3, 0.4) is 0 Å². The van der Waals surface area contributed by atoms with Crippen molar-refractivity contribution in [3.05, 3.63) is 0 Å². The minimum absolute atomic E-state index is 0. The van der Waals surface area contributed by atoms with Crippen LogP contribution < -0.4 is 0 Å². The van der Waals surface area contributed by atoms with E-state index in [0.717, 1.165) is 0 Å². The van der Waals surface area contributed by atoms with Crippen LogP contribution in [0, 0.1) is 0 Å². The van der Waals surface area contributed by atoms with Crippen molar-refractivity contribution in [2.24, 2.45) is 0 Å². The van der Waals surface area contributed by atoms with Crippen LogP contribution in [0.25, 0.3) is 0 Å². The fraction of sp³-hybridized carbons (Fsp3) is 0. The van der Waals surface area contributed by atoms with E-state index in [4.69, 9.17) is 15.0 Å². The molecule has 0 aliphatic carbocycles. The molecule has 0 saturated carbocycles. The van der Waals surface area contributed by atoms with Gasteiger partial charge in [0.1, 0.15) is 0 Å². The summed E-state index contributed by atoms with van der Waals surface area (Å²) >= 11 is 0. The molecular weight excluding hydrogens is 186 g/mol. The Morgan fingerprint density at radius 3 is 1.29 bits per heavy atom. The van der Waals surface area contributed by atoms with Crippen molar-refractivity contribution in [1.29, 1.82) is 0 Å². The number of halogens is 1. The van der Waals surface area contributed by atoms with Gasteiger partial charge in [0.25, 0.3) is 0 Å². The van der Waals surface area contributed by atoms with E-state index in [0.29, 0.717) is 0 Å². The molecule has 0 fully saturated rings. The van der Waals surface area contributed by atoms with Gasteiger partial charge >= 0.3 is 76.4 Å². The first-order valence-corrected chi connectivity index (χ1v) is 0.651. The van der Waals surface area contributed by atoms with E-state index in [9.17, 15) is 0 Å². The van der Waals surface area contributed by atoms with Crippen molar-refractivity contribution < 1.29 is 15.0 Å². The van der Waals surface area contributed by atoms with E-state index in [1.165, 1.54) is 0 Å². The van der Waals surface area contributed by atoms with Gasteiger partial charge in [0.05, 0.1) is 0 Å². The second kappa shape index (κ2) is 15.7. The zero-order valence-electron chi connectivity index (χ0n) is 2.21. The summed E-state index contributed by atoms with van der Waals surface area (Å²) in [5.74, 6) is 0. The van der Waals surface area contributed by atoms with Crippen LogP contribution in [0.4, 0.5) is 4.79 Å². The Labute approximate surface area is 106 Å².